The van der Waals surface area contributed by atoms with Crippen LogP contribution < -0.4 is 5.32 Å². The molecule has 0 saturated carbocycles. The van der Waals surface area contributed by atoms with Crippen LogP contribution in [0.3, 0.4) is 0 Å². The molecule has 0 radical (unpaired) electrons. The molecule has 188 valence electrons. The van der Waals surface area contributed by atoms with E-state index in [9.17, 15) is 14.0 Å². The number of piperidine rings is 2. The lowest BCUT2D eigenvalue weighted by atomic mass is 9.95. The average molecular weight is 492 g/mol. The van der Waals surface area contributed by atoms with E-state index in [-0.39, 0.29) is 23.5 Å². The smallest absolute Gasteiger partial charge is 0.255 e. The zero-order valence-corrected chi connectivity index (χ0v) is 20.2. The Kier molecular flexibility index (Phi) is 7.36. The molecule has 2 saturated heterocycles. The van der Waals surface area contributed by atoms with Crippen molar-refractivity contribution in [3.63, 3.8) is 0 Å². The number of hydrogen-bond acceptors (Lipinski definition) is 6. The Morgan fingerprint density at radius 1 is 0.972 bits per heavy atom. The van der Waals surface area contributed by atoms with Gasteiger partial charge in [-0.15, -0.1) is 0 Å². The van der Waals surface area contributed by atoms with Crippen molar-refractivity contribution in [1.82, 2.24) is 19.9 Å². The lowest BCUT2D eigenvalue weighted by molar-refractivity contribution is -0.121. The van der Waals surface area contributed by atoms with Crippen LogP contribution in [-0.4, -0.2) is 57.9 Å². The van der Waals surface area contributed by atoms with E-state index in [2.05, 4.69) is 20.4 Å². The quantitative estimate of drug-likeness (QED) is 0.551. The third-order valence-corrected chi connectivity index (χ3v) is 6.95. The van der Waals surface area contributed by atoms with E-state index in [4.69, 9.17) is 4.52 Å². The molecule has 0 spiro atoms. The predicted octanol–water partition coefficient (Wildman–Crippen LogP) is 4.35. The highest BCUT2D eigenvalue weighted by molar-refractivity contribution is 6.04. The largest absolute Gasteiger partial charge is 0.339 e. The molecule has 3 aromatic rings. The molecule has 2 amide bonds. The normalized spacial score (nSPS) is 17.2. The van der Waals surface area contributed by atoms with Crippen molar-refractivity contribution in [2.24, 2.45) is 5.92 Å². The minimum atomic E-state index is -0.313. The fourth-order valence-electron chi connectivity index (χ4n) is 4.86. The topological polar surface area (TPSA) is 91.6 Å². The van der Waals surface area contributed by atoms with E-state index < -0.39 is 0 Å². The fourth-order valence-corrected chi connectivity index (χ4v) is 4.86. The van der Waals surface area contributed by atoms with Crippen LogP contribution in [0.5, 0.6) is 0 Å². The Morgan fingerprint density at radius 3 is 2.44 bits per heavy atom. The van der Waals surface area contributed by atoms with E-state index in [1.807, 2.05) is 17.0 Å². The van der Waals surface area contributed by atoms with Crippen molar-refractivity contribution in [2.75, 3.05) is 31.5 Å². The molecule has 8 nitrogen and oxygen atoms in total. The molecule has 2 aromatic carbocycles. The molecule has 2 fully saturated rings. The molecule has 2 aliphatic heterocycles. The van der Waals surface area contributed by atoms with Gasteiger partial charge in [0.05, 0.1) is 17.8 Å². The first kappa shape index (κ1) is 24.1. The number of nitrogens with zero attached hydrogens (tertiary/aromatic N) is 4. The van der Waals surface area contributed by atoms with Crippen LogP contribution in [0.15, 0.2) is 53.1 Å². The lowest BCUT2D eigenvalue weighted by Gasteiger charge is -2.30. The van der Waals surface area contributed by atoms with Crippen LogP contribution in [0.2, 0.25) is 0 Å². The van der Waals surface area contributed by atoms with Crippen LogP contribution in [0.4, 0.5) is 10.1 Å². The molecular weight excluding hydrogens is 461 g/mol. The Labute approximate surface area is 209 Å². The Hall–Kier alpha value is -3.59. The van der Waals surface area contributed by atoms with E-state index >= 15 is 0 Å². The van der Waals surface area contributed by atoms with Crippen molar-refractivity contribution in [1.29, 1.82) is 0 Å². The molecule has 1 aromatic heterocycles. The molecule has 0 atom stereocenters. The first-order chi connectivity index (χ1) is 17.6. The molecule has 1 N–H and O–H groups in total. The van der Waals surface area contributed by atoms with Crippen molar-refractivity contribution < 1.29 is 18.5 Å². The third-order valence-electron chi connectivity index (χ3n) is 6.95. The monoisotopic (exact) mass is 491 g/mol. The first-order valence-corrected chi connectivity index (χ1v) is 12.6. The van der Waals surface area contributed by atoms with Gasteiger partial charge in [-0.25, -0.2) is 4.39 Å². The summed E-state index contributed by atoms with van der Waals surface area (Å²) in [5, 5.41) is 7.02. The maximum Gasteiger partial charge on any atom is 0.255 e. The number of carbonyl (C=O) groups excluding carboxylic acids is 2. The number of nitrogens with one attached hydrogen (secondary N) is 1. The number of carbonyl (C=O) groups is 2. The summed E-state index contributed by atoms with van der Waals surface area (Å²) in [5.74, 6) is 0.410. The number of halogens is 1. The Bertz CT molecular complexity index is 1200. The first-order valence-electron chi connectivity index (χ1n) is 12.6. The van der Waals surface area contributed by atoms with Crippen molar-refractivity contribution in [3.05, 3.63) is 65.8 Å². The summed E-state index contributed by atoms with van der Waals surface area (Å²) in [6, 6.07) is 13.2. The number of likely N-dealkylation sites (tertiary alicyclic amines) is 2. The summed E-state index contributed by atoms with van der Waals surface area (Å²) in [4.78, 5) is 34.6. The molecule has 5 rings (SSSR count). The number of aromatic nitrogens is 2. The average Bonchev–Trinajstić information content (AvgIpc) is 3.38. The highest BCUT2D eigenvalue weighted by Crippen LogP contribution is 2.24. The van der Waals surface area contributed by atoms with Gasteiger partial charge in [-0.2, -0.15) is 4.98 Å². The zero-order chi connectivity index (χ0) is 24.9. The summed E-state index contributed by atoms with van der Waals surface area (Å²) in [5.41, 5.74) is 1.83. The molecule has 0 bridgehead atoms. The van der Waals surface area contributed by atoms with E-state index in [0.717, 1.165) is 45.4 Å². The molecule has 0 aliphatic carbocycles. The highest BCUT2D eigenvalue weighted by Gasteiger charge is 2.28. The Balaban J connectivity index is 1.14. The van der Waals surface area contributed by atoms with Crippen LogP contribution >= 0.6 is 0 Å². The molecular formula is C27H30FN5O3. The van der Waals surface area contributed by atoms with Crippen LogP contribution in [-0.2, 0) is 11.3 Å². The second-order valence-electron chi connectivity index (χ2n) is 9.46. The van der Waals surface area contributed by atoms with Gasteiger partial charge in [-0.1, -0.05) is 17.3 Å². The minimum Gasteiger partial charge on any atom is -0.339 e. The number of benzene rings is 2. The third kappa shape index (κ3) is 5.62. The molecule has 0 unspecified atom stereocenters. The van der Waals surface area contributed by atoms with Gasteiger partial charge in [0.1, 0.15) is 5.82 Å². The minimum absolute atomic E-state index is 0.0139. The van der Waals surface area contributed by atoms with Gasteiger partial charge in [-0.3, -0.25) is 14.5 Å². The number of hydrogen-bond donors (Lipinski definition) is 1. The van der Waals surface area contributed by atoms with Gasteiger partial charge in [0.15, 0.2) is 0 Å². The number of para-hydroxylation sites is 1. The van der Waals surface area contributed by atoms with Gasteiger partial charge in [-0.05, 0) is 81.6 Å². The lowest BCUT2D eigenvalue weighted by Crippen LogP contribution is -2.38. The van der Waals surface area contributed by atoms with Crippen molar-refractivity contribution in [3.8, 4) is 11.4 Å². The number of anilines is 1. The molecule has 3 heterocycles. The molecule has 9 heteroatoms. The van der Waals surface area contributed by atoms with Gasteiger partial charge < -0.3 is 14.7 Å². The van der Waals surface area contributed by atoms with E-state index in [1.54, 1.807) is 24.3 Å². The Morgan fingerprint density at radius 2 is 1.69 bits per heavy atom. The predicted molar refractivity (Wildman–Crippen MR) is 133 cm³/mol. The SMILES string of the molecule is O=C(Nc1ccccc1C(=O)N1CCCCC1)C1CCN(Cc2nc(-c3ccc(F)cc3)no2)CC1. The standard InChI is InChI=1S/C27H30FN5O3/c28-21-10-8-19(9-11-21)25-30-24(36-31-25)18-32-16-12-20(13-17-32)26(34)29-23-7-3-2-6-22(23)27(35)33-14-4-1-5-15-33/h2-3,6-11,20H,1,4-5,12-18H2,(H,29,34). The fraction of sp³-hybridized carbons (Fsp3) is 0.407. The highest BCUT2D eigenvalue weighted by atomic mass is 19.1. The van der Waals surface area contributed by atoms with Crippen LogP contribution in [0, 0.1) is 11.7 Å². The maximum absolute atomic E-state index is 13.1. The second-order valence-corrected chi connectivity index (χ2v) is 9.46. The van der Waals surface area contributed by atoms with Gasteiger partial charge in [0.2, 0.25) is 17.6 Å². The van der Waals surface area contributed by atoms with E-state index in [1.165, 1.54) is 12.1 Å². The van der Waals surface area contributed by atoms with Crippen LogP contribution in [0.1, 0.15) is 48.4 Å². The van der Waals surface area contributed by atoms with Gasteiger partial charge >= 0.3 is 0 Å². The zero-order valence-electron chi connectivity index (χ0n) is 20.2. The van der Waals surface area contributed by atoms with Gasteiger partial charge in [0.25, 0.3) is 5.91 Å². The second kappa shape index (κ2) is 11.0. The molecule has 36 heavy (non-hydrogen) atoms. The maximum atomic E-state index is 13.1. The summed E-state index contributed by atoms with van der Waals surface area (Å²) >= 11 is 0. The number of amides is 2. The van der Waals surface area contributed by atoms with Crippen molar-refractivity contribution >= 4 is 17.5 Å². The number of rotatable bonds is 6. The molecule has 2 aliphatic rings. The summed E-state index contributed by atoms with van der Waals surface area (Å²) in [6.07, 6.45) is 4.61. The van der Waals surface area contributed by atoms with Gasteiger partial charge in [0, 0.05) is 24.6 Å². The summed E-state index contributed by atoms with van der Waals surface area (Å²) < 4.78 is 18.5. The summed E-state index contributed by atoms with van der Waals surface area (Å²) in [7, 11) is 0. The van der Waals surface area contributed by atoms with Crippen LogP contribution in [0.25, 0.3) is 11.4 Å². The van der Waals surface area contributed by atoms with E-state index in [0.29, 0.717) is 47.9 Å². The summed E-state index contributed by atoms with van der Waals surface area (Å²) in [6.45, 7) is 3.48. The van der Waals surface area contributed by atoms with Crippen molar-refractivity contribution in [2.45, 2.75) is 38.6 Å².